The van der Waals surface area contributed by atoms with E-state index >= 15 is 0 Å². The van der Waals surface area contributed by atoms with Crippen LogP contribution < -0.4 is 5.43 Å². The molecule has 24 heavy (non-hydrogen) atoms. The molecule has 0 fully saturated rings. The van der Waals surface area contributed by atoms with Crippen LogP contribution in [0.1, 0.15) is 29.5 Å². The number of hydrogen-bond donors (Lipinski definition) is 1. The highest BCUT2D eigenvalue weighted by atomic mass is 19.1. The maximum absolute atomic E-state index is 14.0. The third kappa shape index (κ3) is 3.68. The molecule has 0 saturated heterocycles. The molecule has 6 nitrogen and oxygen atoms in total. The van der Waals surface area contributed by atoms with Crippen molar-refractivity contribution >= 4 is 5.91 Å². The number of aryl methyl sites for hydroxylation is 1. The van der Waals surface area contributed by atoms with E-state index in [1.807, 2.05) is 6.92 Å². The highest BCUT2D eigenvalue weighted by Crippen LogP contribution is 2.13. The van der Waals surface area contributed by atoms with Crippen molar-refractivity contribution < 1.29 is 14.3 Å². The van der Waals surface area contributed by atoms with Gasteiger partial charge in [-0.25, -0.2) is 9.07 Å². The highest BCUT2D eigenvalue weighted by molar-refractivity contribution is 5.92. The predicted molar refractivity (Wildman–Crippen MR) is 87.8 cm³/mol. The van der Waals surface area contributed by atoms with Gasteiger partial charge in [-0.15, -0.1) is 0 Å². The number of para-hydroxylation sites is 1. The third-order valence-electron chi connectivity index (χ3n) is 3.54. The lowest BCUT2D eigenvalue weighted by Gasteiger charge is -2.21. The molecular weight excluding hydrogens is 313 g/mol. The van der Waals surface area contributed by atoms with E-state index in [1.165, 1.54) is 27.8 Å². The zero-order valence-corrected chi connectivity index (χ0v) is 13.7. The predicted octanol–water partition coefficient (Wildman–Crippen LogP) is 1.52. The average Bonchev–Trinajstić information content (AvgIpc) is 2.55. The van der Waals surface area contributed by atoms with Crippen molar-refractivity contribution in [3.63, 3.8) is 0 Å². The number of benzene rings is 1. The zero-order chi connectivity index (χ0) is 17.7. The van der Waals surface area contributed by atoms with Gasteiger partial charge in [0.05, 0.1) is 6.61 Å². The van der Waals surface area contributed by atoms with E-state index in [1.54, 1.807) is 19.1 Å². The largest absolute Gasteiger partial charge is 0.395 e. The molecule has 1 aromatic carbocycles. The summed E-state index contributed by atoms with van der Waals surface area (Å²) in [5.74, 6) is -1.07. The number of carbonyl (C=O) groups excluding carboxylic acids is 1. The van der Waals surface area contributed by atoms with Crippen LogP contribution in [0.5, 0.6) is 0 Å². The van der Waals surface area contributed by atoms with E-state index in [2.05, 4.69) is 5.10 Å². The standard InChI is InChI=1S/C17H20FN3O3/c1-3-8-20(9-10-22)17(24)16-15(23)11-12(2)21(19-16)14-7-5-4-6-13(14)18/h4-7,11,22H,3,8-10H2,1-2H3. The molecule has 1 aromatic heterocycles. The minimum Gasteiger partial charge on any atom is -0.395 e. The molecule has 0 atom stereocenters. The van der Waals surface area contributed by atoms with E-state index in [-0.39, 0.29) is 24.5 Å². The Balaban J connectivity index is 2.52. The molecule has 0 radical (unpaired) electrons. The summed E-state index contributed by atoms with van der Waals surface area (Å²) in [5.41, 5.74) is -0.228. The Morgan fingerprint density at radius 3 is 2.67 bits per heavy atom. The smallest absolute Gasteiger partial charge is 0.278 e. The average molecular weight is 333 g/mol. The van der Waals surface area contributed by atoms with Crippen LogP contribution in [-0.4, -0.2) is 45.4 Å². The van der Waals surface area contributed by atoms with Crippen LogP contribution in [0.4, 0.5) is 4.39 Å². The number of rotatable bonds is 6. The van der Waals surface area contributed by atoms with Crippen molar-refractivity contribution in [2.75, 3.05) is 19.7 Å². The number of aliphatic hydroxyl groups excluding tert-OH is 1. The third-order valence-corrected chi connectivity index (χ3v) is 3.54. The second kappa shape index (κ2) is 7.83. The molecule has 7 heteroatoms. The first-order chi connectivity index (χ1) is 11.5. The van der Waals surface area contributed by atoms with Crippen LogP contribution in [0.3, 0.4) is 0 Å². The number of carbonyl (C=O) groups is 1. The summed E-state index contributed by atoms with van der Waals surface area (Å²) in [4.78, 5) is 26.1. The van der Waals surface area contributed by atoms with Crippen LogP contribution in [-0.2, 0) is 0 Å². The molecule has 0 bridgehead atoms. The van der Waals surface area contributed by atoms with Gasteiger partial charge in [0.15, 0.2) is 5.69 Å². The van der Waals surface area contributed by atoms with Crippen LogP contribution in [0.25, 0.3) is 5.69 Å². The summed E-state index contributed by atoms with van der Waals surface area (Å²) in [6, 6.07) is 7.26. The van der Waals surface area contributed by atoms with Crippen molar-refractivity contribution in [2.24, 2.45) is 0 Å². The van der Waals surface area contributed by atoms with Crippen molar-refractivity contribution in [3.05, 3.63) is 57.8 Å². The van der Waals surface area contributed by atoms with E-state index in [9.17, 15) is 14.0 Å². The zero-order valence-electron chi connectivity index (χ0n) is 13.7. The Kier molecular flexibility index (Phi) is 5.81. The summed E-state index contributed by atoms with van der Waals surface area (Å²) < 4.78 is 15.3. The van der Waals surface area contributed by atoms with Gasteiger partial charge >= 0.3 is 0 Å². The van der Waals surface area contributed by atoms with Gasteiger partial charge in [0, 0.05) is 24.8 Å². The highest BCUT2D eigenvalue weighted by Gasteiger charge is 2.21. The number of halogens is 1. The van der Waals surface area contributed by atoms with Gasteiger partial charge in [-0.2, -0.15) is 5.10 Å². The van der Waals surface area contributed by atoms with Gasteiger partial charge < -0.3 is 10.0 Å². The SMILES string of the molecule is CCCN(CCO)C(=O)c1nn(-c2ccccc2F)c(C)cc1=O. The molecule has 2 aromatic rings. The fourth-order valence-electron chi connectivity index (χ4n) is 2.42. The summed E-state index contributed by atoms with van der Waals surface area (Å²) in [6.45, 7) is 3.80. The first-order valence-corrected chi connectivity index (χ1v) is 7.75. The van der Waals surface area contributed by atoms with Gasteiger partial charge in [0.1, 0.15) is 11.5 Å². The molecule has 0 aliphatic carbocycles. The summed E-state index contributed by atoms with van der Waals surface area (Å²) in [7, 11) is 0. The normalized spacial score (nSPS) is 10.7. The first kappa shape index (κ1) is 17.8. The quantitative estimate of drug-likeness (QED) is 0.870. The Labute approximate surface area is 139 Å². The second-order valence-electron chi connectivity index (χ2n) is 5.38. The van der Waals surface area contributed by atoms with Gasteiger partial charge in [0.2, 0.25) is 5.43 Å². The lowest BCUT2D eigenvalue weighted by atomic mass is 10.2. The number of hydrogen-bond acceptors (Lipinski definition) is 4. The van der Waals surface area contributed by atoms with Crippen LogP contribution in [0, 0.1) is 12.7 Å². The molecule has 0 aliphatic heterocycles. The maximum Gasteiger partial charge on any atom is 0.278 e. The maximum atomic E-state index is 14.0. The lowest BCUT2D eigenvalue weighted by molar-refractivity contribution is 0.0712. The van der Waals surface area contributed by atoms with Gasteiger partial charge in [0.25, 0.3) is 5.91 Å². The van der Waals surface area contributed by atoms with E-state index in [4.69, 9.17) is 5.11 Å². The van der Waals surface area contributed by atoms with Crippen LogP contribution in [0.15, 0.2) is 35.1 Å². The summed E-state index contributed by atoms with van der Waals surface area (Å²) in [6.07, 6.45) is 0.680. The molecule has 1 heterocycles. The van der Waals surface area contributed by atoms with Crippen LogP contribution in [0.2, 0.25) is 0 Å². The number of amides is 1. The Morgan fingerprint density at radius 1 is 1.33 bits per heavy atom. The topological polar surface area (TPSA) is 75.4 Å². The first-order valence-electron chi connectivity index (χ1n) is 7.75. The van der Waals surface area contributed by atoms with E-state index < -0.39 is 17.2 Å². The molecule has 1 amide bonds. The number of nitrogens with zero attached hydrogens (tertiary/aromatic N) is 3. The molecule has 0 unspecified atom stereocenters. The second-order valence-corrected chi connectivity index (χ2v) is 5.38. The molecule has 0 spiro atoms. The molecule has 1 N–H and O–H groups in total. The lowest BCUT2D eigenvalue weighted by Crippen LogP contribution is -2.38. The molecule has 2 rings (SSSR count). The van der Waals surface area contributed by atoms with Gasteiger partial charge in [-0.05, 0) is 25.5 Å². The monoisotopic (exact) mass is 333 g/mol. The van der Waals surface area contributed by atoms with Gasteiger partial charge in [-0.1, -0.05) is 19.1 Å². The minimum atomic E-state index is -0.569. The van der Waals surface area contributed by atoms with E-state index in [0.717, 1.165) is 0 Å². The summed E-state index contributed by atoms with van der Waals surface area (Å²) >= 11 is 0. The fourth-order valence-corrected chi connectivity index (χ4v) is 2.42. The molecule has 0 saturated carbocycles. The Bertz CT molecular complexity index is 783. The molecule has 128 valence electrons. The van der Waals surface area contributed by atoms with Gasteiger partial charge in [-0.3, -0.25) is 9.59 Å². The fraction of sp³-hybridized carbons (Fsp3) is 0.353. The summed E-state index contributed by atoms with van der Waals surface area (Å²) in [5, 5.41) is 13.2. The molecular formula is C17H20FN3O3. The Hall–Kier alpha value is -2.54. The van der Waals surface area contributed by atoms with Crippen molar-refractivity contribution in [1.82, 2.24) is 14.7 Å². The van der Waals surface area contributed by atoms with Crippen molar-refractivity contribution in [1.29, 1.82) is 0 Å². The van der Waals surface area contributed by atoms with Crippen molar-refractivity contribution in [3.8, 4) is 5.69 Å². The Morgan fingerprint density at radius 2 is 2.04 bits per heavy atom. The van der Waals surface area contributed by atoms with Crippen LogP contribution >= 0.6 is 0 Å². The minimum absolute atomic E-state index is 0.112. The number of aromatic nitrogens is 2. The van der Waals surface area contributed by atoms with Crippen molar-refractivity contribution in [2.45, 2.75) is 20.3 Å². The number of aliphatic hydroxyl groups is 1. The molecule has 0 aliphatic rings. The van der Waals surface area contributed by atoms with E-state index in [0.29, 0.717) is 18.7 Å².